The predicted molar refractivity (Wildman–Crippen MR) is 73.8 cm³/mol. The molecular weight excluding hydrogens is 256 g/mol. The zero-order valence-corrected chi connectivity index (χ0v) is 10.7. The number of thiocarbonyl (C=S) groups is 1. The number of hydrogen-bond acceptors (Lipinski definition) is 3. The molecule has 0 aliphatic carbocycles. The highest BCUT2D eigenvalue weighted by atomic mass is 35.5. The van der Waals surface area contributed by atoms with Gasteiger partial charge < -0.3 is 11.1 Å². The third-order valence-corrected chi connectivity index (χ3v) is 2.79. The van der Waals surface area contributed by atoms with Crippen LogP contribution in [0.25, 0.3) is 0 Å². The number of nitrogens with one attached hydrogen (secondary N) is 1. The molecule has 2 rings (SSSR count). The molecule has 6 heteroatoms. The monoisotopic (exact) mass is 266 g/mol. The van der Waals surface area contributed by atoms with Crippen LogP contribution in [-0.2, 0) is 7.05 Å². The van der Waals surface area contributed by atoms with E-state index >= 15 is 0 Å². The van der Waals surface area contributed by atoms with Crippen LogP contribution < -0.4 is 11.1 Å². The number of aromatic nitrogens is 2. The Morgan fingerprint density at radius 3 is 2.82 bits per heavy atom. The fourth-order valence-corrected chi connectivity index (χ4v) is 1.82. The lowest BCUT2D eigenvalue weighted by Gasteiger charge is -2.11. The average Bonchev–Trinajstić information content (AvgIpc) is 2.64. The van der Waals surface area contributed by atoms with Crippen LogP contribution >= 0.6 is 23.8 Å². The lowest BCUT2D eigenvalue weighted by atomic mass is 10.2. The van der Waals surface area contributed by atoms with E-state index in [-0.39, 0.29) is 0 Å². The quantitative estimate of drug-likeness (QED) is 0.838. The smallest absolute Gasteiger partial charge is 0.128 e. The van der Waals surface area contributed by atoms with Gasteiger partial charge in [0.15, 0.2) is 0 Å². The van der Waals surface area contributed by atoms with E-state index in [0.29, 0.717) is 10.0 Å². The topological polar surface area (TPSA) is 55.9 Å². The van der Waals surface area contributed by atoms with E-state index in [0.717, 1.165) is 17.1 Å². The van der Waals surface area contributed by atoms with E-state index < -0.39 is 0 Å². The maximum atomic E-state index is 5.95. The standard InChI is InChI=1S/C11H11ClN4S/c1-16-10(4-5-14-16)15-9-6-7(12)2-3-8(9)11(13)17/h2-6,15H,1H3,(H2,13,17). The molecule has 0 atom stereocenters. The Balaban J connectivity index is 2.41. The molecule has 0 unspecified atom stereocenters. The summed E-state index contributed by atoms with van der Waals surface area (Å²) >= 11 is 10.9. The molecule has 0 aliphatic heterocycles. The molecule has 2 aromatic rings. The van der Waals surface area contributed by atoms with Crippen molar-refractivity contribution in [3.63, 3.8) is 0 Å². The van der Waals surface area contributed by atoms with Crippen LogP contribution in [0.5, 0.6) is 0 Å². The second-order valence-corrected chi connectivity index (χ2v) is 4.40. The summed E-state index contributed by atoms with van der Waals surface area (Å²) in [6.45, 7) is 0. The van der Waals surface area contributed by atoms with Gasteiger partial charge in [0.1, 0.15) is 10.8 Å². The fourth-order valence-electron chi connectivity index (χ4n) is 1.47. The van der Waals surface area contributed by atoms with Crippen molar-refractivity contribution in [3.8, 4) is 0 Å². The molecule has 0 aliphatic rings. The van der Waals surface area contributed by atoms with Crippen LogP contribution in [0.2, 0.25) is 5.02 Å². The van der Waals surface area contributed by atoms with E-state index in [4.69, 9.17) is 29.6 Å². The summed E-state index contributed by atoms with van der Waals surface area (Å²) in [5, 5.41) is 7.88. The van der Waals surface area contributed by atoms with Crippen molar-refractivity contribution < 1.29 is 0 Å². The van der Waals surface area contributed by atoms with Gasteiger partial charge in [-0.1, -0.05) is 23.8 Å². The maximum absolute atomic E-state index is 5.95. The summed E-state index contributed by atoms with van der Waals surface area (Å²) in [6.07, 6.45) is 1.70. The molecule has 0 bridgehead atoms. The van der Waals surface area contributed by atoms with Gasteiger partial charge in [0.25, 0.3) is 0 Å². The van der Waals surface area contributed by atoms with E-state index in [1.54, 1.807) is 29.1 Å². The van der Waals surface area contributed by atoms with Gasteiger partial charge in [0.2, 0.25) is 0 Å². The second kappa shape index (κ2) is 4.73. The first-order valence-corrected chi connectivity index (χ1v) is 5.71. The van der Waals surface area contributed by atoms with Gasteiger partial charge in [0, 0.05) is 23.7 Å². The number of halogens is 1. The summed E-state index contributed by atoms with van der Waals surface area (Å²) in [4.78, 5) is 0.325. The van der Waals surface area contributed by atoms with Crippen LogP contribution in [0.1, 0.15) is 5.56 Å². The van der Waals surface area contributed by atoms with Gasteiger partial charge >= 0.3 is 0 Å². The number of anilines is 2. The summed E-state index contributed by atoms with van der Waals surface area (Å²) < 4.78 is 1.71. The normalized spacial score (nSPS) is 10.2. The fraction of sp³-hybridized carbons (Fsp3) is 0.0909. The van der Waals surface area contributed by atoms with Crippen molar-refractivity contribution in [1.29, 1.82) is 0 Å². The Hall–Kier alpha value is -1.59. The first-order valence-electron chi connectivity index (χ1n) is 4.92. The lowest BCUT2D eigenvalue weighted by Crippen LogP contribution is -2.12. The third kappa shape index (κ3) is 2.57. The molecule has 0 saturated heterocycles. The Morgan fingerprint density at radius 2 is 2.24 bits per heavy atom. The van der Waals surface area contributed by atoms with Crippen molar-refractivity contribution >= 4 is 40.3 Å². The number of rotatable bonds is 3. The predicted octanol–water partition coefficient (Wildman–Crippen LogP) is 2.45. The molecule has 4 nitrogen and oxygen atoms in total. The Labute approximate surface area is 109 Å². The minimum Gasteiger partial charge on any atom is -0.389 e. The third-order valence-electron chi connectivity index (χ3n) is 2.33. The summed E-state index contributed by atoms with van der Waals surface area (Å²) in [5.41, 5.74) is 7.18. The molecule has 0 amide bonds. The van der Waals surface area contributed by atoms with Crippen molar-refractivity contribution in [2.75, 3.05) is 5.32 Å². The molecular formula is C11H11ClN4S. The highest BCUT2D eigenvalue weighted by Crippen LogP contribution is 2.24. The zero-order chi connectivity index (χ0) is 12.4. The summed E-state index contributed by atoms with van der Waals surface area (Å²) in [6, 6.07) is 7.18. The molecule has 0 spiro atoms. The molecule has 1 heterocycles. The van der Waals surface area contributed by atoms with Crippen molar-refractivity contribution in [2.24, 2.45) is 12.8 Å². The largest absolute Gasteiger partial charge is 0.389 e. The number of nitrogens with two attached hydrogens (primary N) is 1. The van der Waals surface area contributed by atoms with E-state index in [1.807, 2.05) is 13.1 Å². The molecule has 0 saturated carbocycles. The first kappa shape index (κ1) is 11.9. The Morgan fingerprint density at radius 1 is 1.47 bits per heavy atom. The Bertz CT molecular complexity index is 564. The van der Waals surface area contributed by atoms with Gasteiger partial charge in [-0.25, -0.2) is 0 Å². The highest BCUT2D eigenvalue weighted by molar-refractivity contribution is 7.80. The Kier molecular flexibility index (Phi) is 3.31. The van der Waals surface area contributed by atoms with Gasteiger partial charge in [-0.05, 0) is 18.2 Å². The molecule has 1 aromatic carbocycles. The van der Waals surface area contributed by atoms with Crippen molar-refractivity contribution in [3.05, 3.63) is 41.0 Å². The van der Waals surface area contributed by atoms with Gasteiger partial charge in [0.05, 0.1) is 11.9 Å². The zero-order valence-electron chi connectivity index (χ0n) is 9.14. The molecule has 1 aromatic heterocycles. The van der Waals surface area contributed by atoms with Crippen LogP contribution in [0.3, 0.4) is 0 Å². The maximum Gasteiger partial charge on any atom is 0.128 e. The van der Waals surface area contributed by atoms with Crippen molar-refractivity contribution in [1.82, 2.24) is 9.78 Å². The second-order valence-electron chi connectivity index (χ2n) is 3.52. The van der Waals surface area contributed by atoms with Gasteiger partial charge in [-0.2, -0.15) is 5.10 Å². The van der Waals surface area contributed by atoms with E-state index in [9.17, 15) is 0 Å². The number of hydrogen-bond donors (Lipinski definition) is 2. The summed E-state index contributed by atoms with van der Waals surface area (Å²) in [7, 11) is 1.84. The molecule has 88 valence electrons. The van der Waals surface area contributed by atoms with E-state index in [1.165, 1.54) is 0 Å². The van der Waals surface area contributed by atoms with Crippen LogP contribution in [0.15, 0.2) is 30.5 Å². The van der Waals surface area contributed by atoms with Gasteiger partial charge in [-0.15, -0.1) is 0 Å². The van der Waals surface area contributed by atoms with Crippen LogP contribution in [0, 0.1) is 0 Å². The molecule has 17 heavy (non-hydrogen) atoms. The minimum absolute atomic E-state index is 0.325. The SMILES string of the molecule is Cn1nccc1Nc1cc(Cl)ccc1C(N)=S. The van der Waals surface area contributed by atoms with Crippen LogP contribution in [0.4, 0.5) is 11.5 Å². The first-order chi connectivity index (χ1) is 8.08. The minimum atomic E-state index is 0.325. The number of nitrogens with zero attached hydrogens (tertiary/aromatic N) is 2. The summed E-state index contributed by atoms with van der Waals surface area (Å²) in [5.74, 6) is 0.838. The highest BCUT2D eigenvalue weighted by Gasteiger charge is 2.07. The van der Waals surface area contributed by atoms with Crippen molar-refractivity contribution in [2.45, 2.75) is 0 Å². The number of benzene rings is 1. The number of aryl methyl sites for hydroxylation is 1. The van der Waals surface area contributed by atoms with E-state index in [2.05, 4.69) is 10.4 Å². The average molecular weight is 267 g/mol. The van der Waals surface area contributed by atoms with Crippen LogP contribution in [-0.4, -0.2) is 14.8 Å². The molecule has 0 radical (unpaired) electrons. The van der Waals surface area contributed by atoms with Gasteiger partial charge in [-0.3, -0.25) is 4.68 Å². The lowest BCUT2D eigenvalue weighted by molar-refractivity contribution is 0.776. The molecule has 3 N–H and O–H groups in total. The molecule has 0 fully saturated rings.